The fourth-order valence-electron chi connectivity index (χ4n) is 2.14. The highest BCUT2D eigenvalue weighted by Gasteiger charge is 2.19. The summed E-state index contributed by atoms with van der Waals surface area (Å²) in [6, 6.07) is 12.1. The van der Waals surface area contributed by atoms with Crippen LogP contribution >= 0.6 is 0 Å². The lowest BCUT2D eigenvalue weighted by Gasteiger charge is -2.08. The van der Waals surface area contributed by atoms with Crippen molar-refractivity contribution < 1.29 is 18.0 Å². The van der Waals surface area contributed by atoms with Crippen LogP contribution in [-0.4, -0.2) is 16.1 Å². The second-order valence-electron chi connectivity index (χ2n) is 5.47. The van der Waals surface area contributed by atoms with Gasteiger partial charge in [-0.1, -0.05) is 17.7 Å². The molecular formula is C18H13F3N4O. The van der Waals surface area contributed by atoms with Gasteiger partial charge in [0.05, 0.1) is 5.56 Å². The molecule has 3 rings (SSSR count). The van der Waals surface area contributed by atoms with Gasteiger partial charge in [-0.15, -0.1) is 10.2 Å². The maximum absolute atomic E-state index is 13.6. The maximum atomic E-state index is 13.6. The van der Waals surface area contributed by atoms with Crippen LogP contribution in [0.15, 0.2) is 48.5 Å². The van der Waals surface area contributed by atoms with E-state index < -0.39 is 28.9 Å². The third-order valence-corrected chi connectivity index (χ3v) is 3.51. The van der Waals surface area contributed by atoms with E-state index in [-0.39, 0.29) is 5.82 Å². The number of aryl methyl sites for hydroxylation is 1. The third kappa shape index (κ3) is 3.80. The predicted molar refractivity (Wildman–Crippen MR) is 90.8 cm³/mol. The summed E-state index contributed by atoms with van der Waals surface area (Å²) >= 11 is 0. The summed E-state index contributed by atoms with van der Waals surface area (Å²) in [5, 5.41) is 13.0. The molecule has 132 valence electrons. The van der Waals surface area contributed by atoms with Crippen molar-refractivity contribution in [2.45, 2.75) is 6.92 Å². The van der Waals surface area contributed by atoms with Gasteiger partial charge in [-0.25, -0.2) is 13.2 Å². The number of anilines is 3. The SMILES string of the molecule is Cc1ccc(Nc2ccc(NC(=O)c3ccc(F)c(F)c3F)nn2)cc1. The number of carbonyl (C=O) groups excluding carboxylic acids is 1. The number of nitrogens with zero attached hydrogens (tertiary/aromatic N) is 2. The first-order valence-electron chi connectivity index (χ1n) is 7.56. The normalized spacial score (nSPS) is 10.5. The van der Waals surface area contributed by atoms with Crippen LogP contribution in [0.25, 0.3) is 0 Å². The first kappa shape index (κ1) is 17.4. The maximum Gasteiger partial charge on any atom is 0.259 e. The largest absolute Gasteiger partial charge is 0.339 e. The van der Waals surface area contributed by atoms with E-state index in [1.165, 1.54) is 6.07 Å². The standard InChI is InChI=1S/C18H13F3N4O/c1-10-2-4-11(5-3-10)22-14-8-9-15(25-24-14)23-18(26)12-6-7-13(19)17(21)16(12)20/h2-9H,1H3,(H,22,24)(H,23,25,26). The average Bonchev–Trinajstić information content (AvgIpc) is 2.63. The Balaban J connectivity index is 1.70. The van der Waals surface area contributed by atoms with E-state index in [1.807, 2.05) is 31.2 Å². The molecule has 8 heteroatoms. The molecule has 0 atom stereocenters. The molecule has 0 spiro atoms. The number of benzene rings is 2. The minimum atomic E-state index is -1.71. The number of hydrogen-bond donors (Lipinski definition) is 2. The molecule has 1 amide bonds. The summed E-state index contributed by atoms with van der Waals surface area (Å²) < 4.78 is 39.8. The van der Waals surface area contributed by atoms with Gasteiger partial charge in [0.25, 0.3) is 5.91 Å². The van der Waals surface area contributed by atoms with Crippen molar-refractivity contribution in [2.24, 2.45) is 0 Å². The smallest absolute Gasteiger partial charge is 0.259 e. The van der Waals surface area contributed by atoms with Crippen LogP contribution in [0.3, 0.4) is 0 Å². The lowest BCUT2D eigenvalue weighted by atomic mass is 10.2. The van der Waals surface area contributed by atoms with E-state index in [4.69, 9.17) is 0 Å². The lowest BCUT2D eigenvalue weighted by molar-refractivity contribution is 0.102. The van der Waals surface area contributed by atoms with E-state index in [0.29, 0.717) is 11.9 Å². The Kier molecular flexibility index (Phi) is 4.83. The highest BCUT2D eigenvalue weighted by Crippen LogP contribution is 2.18. The van der Waals surface area contributed by atoms with Crippen molar-refractivity contribution in [3.63, 3.8) is 0 Å². The predicted octanol–water partition coefficient (Wildman–Crippen LogP) is 4.20. The molecule has 3 aromatic rings. The minimum absolute atomic E-state index is 0.0357. The highest BCUT2D eigenvalue weighted by molar-refractivity contribution is 6.03. The second-order valence-corrected chi connectivity index (χ2v) is 5.47. The van der Waals surface area contributed by atoms with Gasteiger partial charge in [-0.05, 0) is 43.3 Å². The number of amides is 1. The van der Waals surface area contributed by atoms with Gasteiger partial charge in [-0.3, -0.25) is 4.79 Å². The van der Waals surface area contributed by atoms with Crippen LogP contribution in [0.1, 0.15) is 15.9 Å². The lowest BCUT2D eigenvalue weighted by Crippen LogP contribution is -2.16. The number of halogens is 3. The zero-order valence-electron chi connectivity index (χ0n) is 13.6. The monoisotopic (exact) mass is 358 g/mol. The van der Waals surface area contributed by atoms with Crippen molar-refractivity contribution >= 4 is 23.2 Å². The zero-order valence-corrected chi connectivity index (χ0v) is 13.6. The van der Waals surface area contributed by atoms with Crippen LogP contribution in [0, 0.1) is 24.4 Å². The Labute approximate surface area is 146 Å². The molecule has 2 N–H and O–H groups in total. The van der Waals surface area contributed by atoms with Gasteiger partial charge in [0.15, 0.2) is 29.1 Å². The van der Waals surface area contributed by atoms with Gasteiger partial charge in [-0.2, -0.15) is 0 Å². The Morgan fingerprint density at radius 2 is 1.50 bits per heavy atom. The molecule has 0 radical (unpaired) electrons. The average molecular weight is 358 g/mol. The van der Waals surface area contributed by atoms with Crippen molar-refractivity contribution in [3.8, 4) is 0 Å². The Morgan fingerprint density at radius 3 is 2.15 bits per heavy atom. The van der Waals surface area contributed by atoms with E-state index >= 15 is 0 Å². The summed E-state index contributed by atoms with van der Waals surface area (Å²) in [5.74, 6) is -5.13. The summed E-state index contributed by atoms with van der Waals surface area (Å²) in [7, 11) is 0. The molecule has 2 aromatic carbocycles. The minimum Gasteiger partial charge on any atom is -0.339 e. The van der Waals surface area contributed by atoms with Crippen LogP contribution in [0.4, 0.5) is 30.5 Å². The molecule has 0 aliphatic rings. The Bertz CT molecular complexity index is 944. The number of hydrogen-bond acceptors (Lipinski definition) is 4. The number of rotatable bonds is 4. The number of aromatic nitrogens is 2. The molecule has 0 fully saturated rings. The van der Waals surface area contributed by atoms with Crippen LogP contribution < -0.4 is 10.6 Å². The fraction of sp³-hybridized carbons (Fsp3) is 0.0556. The second kappa shape index (κ2) is 7.22. The van der Waals surface area contributed by atoms with E-state index in [1.54, 1.807) is 6.07 Å². The molecule has 0 unspecified atom stereocenters. The molecular weight excluding hydrogens is 345 g/mol. The van der Waals surface area contributed by atoms with Gasteiger partial charge >= 0.3 is 0 Å². The highest BCUT2D eigenvalue weighted by atomic mass is 19.2. The molecule has 26 heavy (non-hydrogen) atoms. The van der Waals surface area contributed by atoms with Crippen molar-refractivity contribution in [2.75, 3.05) is 10.6 Å². The fourth-order valence-corrected chi connectivity index (χ4v) is 2.14. The van der Waals surface area contributed by atoms with Crippen molar-refractivity contribution in [1.82, 2.24) is 10.2 Å². The van der Waals surface area contributed by atoms with E-state index in [9.17, 15) is 18.0 Å². The van der Waals surface area contributed by atoms with Gasteiger partial charge in [0.2, 0.25) is 0 Å². The topological polar surface area (TPSA) is 66.9 Å². The summed E-state index contributed by atoms with van der Waals surface area (Å²) in [6.07, 6.45) is 0. The van der Waals surface area contributed by atoms with Crippen molar-refractivity contribution in [3.05, 3.63) is 77.1 Å². The van der Waals surface area contributed by atoms with Gasteiger partial charge in [0.1, 0.15) is 0 Å². The summed E-state index contributed by atoms with van der Waals surface area (Å²) in [6.45, 7) is 1.97. The molecule has 1 aromatic heterocycles. The first-order chi connectivity index (χ1) is 12.4. The summed E-state index contributed by atoms with van der Waals surface area (Å²) in [5.41, 5.74) is 1.29. The molecule has 0 saturated heterocycles. The van der Waals surface area contributed by atoms with E-state index in [0.717, 1.165) is 17.3 Å². The molecule has 5 nitrogen and oxygen atoms in total. The Hall–Kier alpha value is -3.42. The van der Waals surface area contributed by atoms with E-state index in [2.05, 4.69) is 20.8 Å². The molecule has 0 bridgehead atoms. The summed E-state index contributed by atoms with van der Waals surface area (Å²) in [4.78, 5) is 12.0. The molecule has 0 aliphatic heterocycles. The molecule has 1 heterocycles. The van der Waals surface area contributed by atoms with Gasteiger partial charge in [0, 0.05) is 5.69 Å². The number of nitrogens with one attached hydrogen (secondary N) is 2. The van der Waals surface area contributed by atoms with Crippen LogP contribution in [-0.2, 0) is 0 Å². The quantitative estimate of drug-likeness (QED) is 0.686. The van der Waals surface area contributed by atoms with Crippen LogP contribution in [0.2, 0.25) is 0 Å². The van der Waals surface area contributed by atoms with Gasteiger partial charge < -0.3 is 10.6 Å². The van der Waals surface area contributed by atoms with Crippen LogP contribution in [0.5, 0.6) is 0 Å². The molecule has 0 aliphatic carbocycles. The molecule has 0 saturated carbocycles. The zero-order chi connectivity index (χ0) is 18.7. The Morgan fingerprint density at radius 1 is 0.846 bits per heavy atom. The third-order valence-electron chi connectivity index (χ3n) is 3.51. The number of carbonyl (C=O) groups is 1. The first-order valence-corrected chi connectivity index (χ1v) is 7.56. The van der Waals surface area contributed by atoms with Crippen molar-refractivity contribution in [1.29, 1.82) is 0 Å².